The highest BCUT2D eigenvalue weighted by atomic mass is 19.1. The molecule has 1 heterocycles. The molecule has 0 aliphatic heterocycles. The van der Waals surface area contributed by atoms with E-state index in [-0.39, 0.29) is 5.82 Å². The van der Waals surface area contributed by atoms with E-state index in [0.29, 0.717) is 11.8 Å². The van der Waals surface area contributed by atoms with Gasteiger partial charge in [-0.05, 0) is 17.7 Å². The van der Waals surface area contributed by atoms with Gasteiger partial charge < -0.3 is 9.80 Å². The van der Waals surface area contributed by atoms with Crippen molar-refractivity contribution >= 4 is 23.8 Å². The molecule has 0 atom stereocenters. The molecular formula is C15H19FN6. The first-order chi connectivity index (χ1) is 10.5. The molecule has 1 N–H and O–H groups in total. The number of nitrogens with one attached hydrogen (secondary N) is 1. The van der Waals surface area contributed by atoms with Crippen LogP contribution in [0.5, 0.6) is 0 Å². The van der Waals surface area contributed by atoms with Crippen molar-refractivity contribution in [1.82, 2.24) is 9.97 Å². The van der Waals surface area contributed by atoms with E-state index in [9.17, 15) is 4.39 Å². The van der Waals surface area contributed by atoms with E-state index in [1.54, 1.807) is 24.4 Å². The van der Waals surface area contributed by atoms with Crippen LogP contribution in [0.2, 0.25) is 0 Å². The number of aromatic nitrogens is 2. The third-order valence-corrected chi connectivity index (χ3v) is 2.82. The molecule has 0 saturated heterocycles. The van der Waals surface area contributed by atoms with Crippen molar-refractivity contribution in [1.29, 1.82) is 0 Å². The van der Waals surface area contributed by atoms with Gasteiger partial charge in [0.05, 0.1) is 6.21 Å². The van der Waals surface area contributed by atoms with Crippen LogP contribution in [-0.4, -0.2) is 44.4 Å². The predicted molar refractivity (Wildman–Crippen MR) is 88.3 cm³/mol. The van der Waals surface area contributed by atoms with Crippen LogP contribution in [0.15, 0.2) is 35.4 Å². The lowest BCUT2D eigenvalue weighted by Gasteiger charge is -2.16. The Labute approximate surface area is 129 Å². The molecule has 0 bridgehead atoms. The van der Waals surface area contributed by atoms with Crippen LogP contribution in [-0.2, 0) is 0 Å². The van der Waals surface area contributed by atoms with Crippen molar-refractivity contribution < 1.29 is 4.39 Å². The molecule has 0 amide bonds. The van der Waals surface area contributed by atoms with Crippen LogP contribution < -0.4 is 15.2 Å². The molecule has 2 rings (SSSR count). The van der Waals surface area contributed by atoms with E-state index in [1.165, 1.54) is 12.1 Å². The molecule has 22 heavy (non-hydrogen) atoms. The standard InChI is InChI=1S/C15H19FN6/c1-21(2)14-9-13(18-15(19-14)22(3)4)20-17-10-11-5-7-12(16)8-6-11/h5-10H,1-4H3,(H,18,19,20). The first kappa shape index (κ1) is 15.7. The quantitative estimate of drug-likeness (QED) is 0.678. The maximum atomic E-state index is 12.8. The fraction of sp³-hybridized carbons (Fsp3) is 0.267. The fourth-order valence-corrected chi connectivity index (χ4v) is 1.63. The molecule has 0 spiro atoms. The number of rotatable bonds is 5. The molecule has 0 unspecified atom stereocenters. The van der Waals surface area contributed by atoms with Crippen LogP contribution in [0, 0.1) is 5.82 Å². The minimum Gasteiger partial charge on any atom is -0.363 e. The number of benzene rings is 1. The number of halogens is 1. The number of hydrogen-bond donors (Lipinski definition) is 1. The van der Waals surface area contributed by atoms with Crippen LogP contribution in [0.4, 0.5) is 22.0 Å². The molecular weight excluding hydrogens is 283 g/mol. The van der Waals surface area contributed by atoms with E-state index in [2.05, 4.69) is 20.5 Å². The summed E-state index contributed by atoms with van der Waals surface area (Å²) in [6.07, 6.45) is 1.60. The summed E-state index contributed by atoms with van der Waals surface area (Å²) in [7, 11) is 7.57. The average Bonchev–Trinajstić information content (AvgIpc) is 2.49. The van der Waals surface area contributed by atoms with Gasteiger partial charge in [-0.15, -0.1) is 0 Å². The summed E-state index contributed by atoms with van der Waals surface area (Å²) in [5.74, 6) is 1.68. The maximum Gasteiger partial charge on any atom is 0.228 e. The summed E-state index contributed by atoms with van der Waals surface area (Å²) in [4.78, 5) is 12.5. The van der Waals surface area contributed by atoms with E-state index >= 15 is 0 Å². The molecule has 0 aliphatic carbocycles. The summed E-state index contributed by atoms with van der Waals surface area (Å²) < 4.78 is 12.8. The van der Waals surface area contributed by atoms with Crippen molar-refractivity contribution in [2.75, 3.05) is 43.4 Å². The second kappa shape index (κ2) is 6.84. The van der Waals surface area contributed by atoms with Gasteiger partial charge in [0.15, 0.2) is 5.82 Å². The van der Waals surface area contributed by atoms with Gasteiger partial charge in [-0.3, -0.25) is 5.43 Å². The Kier molecular flexibility index (Phi) is 4.88. The lowest BCUT2D eigenvalue weighted by atomic mass is 10.2. The van der Waals surface area contributed by atoms with Gasteiger partial charge >= 0.3 is 0 Å². The zero-order valence-corrected chi connectivity index (χ0v) is 13.1. The van der Waals surface area contributed by atoms with Crippen molar-refractivity contribution in [3.8, 4) is 0 Å². The second-order valence-electron chi connectivity index (χ2n) is 5.12. The van der Waals surface area contributed by atoms with E-state index < -0.39 is 0 Å². The third-order valence-electron chi connectivity index (χ3n) is 2.82. The topological polar surface area (TPSA) is 56.6 Å². The summed E-state index contributed by atoms with van der Waals surface area (Å²) >= 11 is 0. The largest absolute Gasteiger partial charge is 0.363 e. The first-order valence-electron chi connectivity index (χ1n) is 6.74. The van der Waals surface area contributed by atoms with Gasteiger partial charge in [0.2, 0.25) is 5.95 Å². The Morgan fingerprint density at radius 2 is 1.73 bits per heavy atom. The summed E-state index contributed by atoms with van der Waals surface area (Å²) in [6.45, 7) is 0. The number of hydrogen-bond acceptors (Lipinski definition) is 6. The Balaban J connectivity index is 2.16. The Bertz CT molecular complexity index is 625. The molecule has 0 fully saturated rings. The van der Waals surface area contributed by atoms with Crippen LogP contribution in [0.1, 0.15) is 5.56 Å². The molecule has 0 radical (unpaired) electrons. The minimum atomic E-state index is -0.271. The van der Waals surface area contributed by atoms with Gasteiger partial charge in [-0.25, -0.2) is 4.39 Å². The minimum absolute atomic E-state index is 0.271. The number of nitrogens with zero attached hydrogens (tertiary/aromatic N) is 5. The SMILES string of the molecule is CN(C)c1cc(NN=Cc2ccc(F)cc2)nc(N(C)C)n1. The molecule has 116 valence electrons. The lowest BCUT2D eigenvalue weighted by molar-refractivity contribution is 0.628. The summed E-state index contributed by atoms with van der Waals surface area (Å²) in [6, 6.07) is 7.88. The summed E-state index contributed by atoms with van der Waals surface area (Å²) in [5, 5.41) is 4.12. The Morgan fingerprint density at radius 1 is 1.05 bits per heavy atom. The molecule has 2 aromatic rings. The molecule has 6 nitrogen and oxygen atoms in total. The van der Waals surface area contributed by atoms with Crippen molar-refractivity contribution in [2.45, 2.75) is 0 Å². The van der Waals surface area contributed by atoms with E-state index in [4.69, 9.17) is 0 Å². The predicted octanol–water partition coefficient (Wildman–Crippen LogP) is 2.19. The first-order valence-corrected chi connectivity index (χ1v) is 6.74. The van der Waals surface area contributed by atoms with Crippen molar-refractivity contribution in [3.63, 3.8) is 0 Å². The second-order valence-corrected chi connectivity index (χ2v) is 5.12. The monoisotopic (exact) mass is 302 g/mol. The Morgan fingerprint density at radius 3 is 2.32 bits per heavy atom. The van der Waals surface area contributed by atoms with Crippen LogP contribution >= 0.6 is 0 Å². The fourth-order valence-electron chi connectivity index (χ4n) is 1.63. The zero-order valence-electron chi connectivity index (χ0n) is 13.1. The molecule has 1 aromatic heterocycles. The zero-order chi connectivity index (χ0) is 16.1. The third kappa shape index (κ3) is 4.15. The van der Waals surface area contributed by atoms with Crippen LogP contribution in [0.3, 0.4) is 0 Å². The summed E-state index contributed by atoms with van der Waals surface area (Å²) in [5.41, 5.74) is 3.66. The highest BCUT2D eigenvalue weighted by Gasteiger charge is 2.07. The van der Waals surface area contributed by atoms with E-state index in [1.807, 2.05) is 38.0 Å². The number of anilines is 3. The molecule has 7 heteroatoms. The molecule has 0 saturated carbocycles. The molecule has 1 aromatic carbocycles. The molecule has 0 aliphatic rings. The van der Waals surface area contributed by atoms with Gasteiger partial charge in [0.25, 0.3) is 0 Å². The highest BCUT2D eigenvalue weighted by Crippen LogP contribution is 2.17. The van der Waals surface area contributed by atoms with Gasteiger partial charge in [-0.2, -0.15) is 15.1 Å². The lowest BCUT2D eigenvalue weighted by Crippen LogP contribution is -2.17. The van der Waals surface area contributed by atoms with E-state index in [0.717, 1.165) is 11.4 Å². The normalized spacial score (nSPS) is 10.8. The van der Waals surface area contributed by atoms with Gasteiger partial charge in [0.1, 0.15) is 11.6 Å². The highest BCUT2D eigenvalue weighted by molar-refractivity contribution is 5.80. The van der Waals surface area contributed by atoms with Crippen molar-refractivity contribution in [3.05, 3.63) is 41.7 Å². The average molecular weight is 302 g/mol. The van der Waals surface area contributed by atoms with Gasteiger partial charge in [0, 0.05) is 34.3 Å². The Hall–Kier alpha value is -2.70. The van der Waals surface area contributed by atoms with Crippen molar-refractivity contribution in [2.24, 2.45) is 5.10 Å². The maximum absolute atomic E-state index is 12.8. The van der Waals surface area contributed by atoms with Gasteiger partial charge in [-0.1, -0.05) is 12.1 Å². The number of hydrazone groups is 1. The van der Waals surface area contributed by atoms with Crippen LogP contribution in [0.25, 0.3) is 0 Å². The smallest absolute Gasteiger partial charge is 0.228 e.